The van der Waals surface area contributed by atoms with Crippen molar-refractivity contribution in [3.8, 4) is 0 Å². The van der Waals surface area contributed by atoms with Gasteiger partial charge in [-0.1, -0.05) is 54.0 Å². The third kappa shape index (κ3) is 5.78. The predicted octanol–water partition coefficient (Wildman–Crippen LogP) is 3.15. The average Bonchev–Trinajstić information content (AvgIpc) is 2.72. The second kappa shape index (κ2) is 9.85. The highest BCUT2D eigenvalue weighted by atomic mass is 35.5. The van der Waals surface area contributed by atoms with Crippen molar-refractivity contribution in [2.24, 2.45) is 0 Å². The van der Waals surface area contributed by atoms with E-state index in [1.807, 2.05) is 12.1 Å². The van der Waals surface area contributed by atoms with Gasteiger partial charge in [0.15, 0.2) is 0 Å². The number of rotatable bonds is 8. The minimum absolute atomic E-state index is 0.0430. The van der Waals surface area contributed by atoms with Gasteiger partial charge in [0.2, 0.25) is 0 Å². The van der Waals surface area contributed by atoms with E-state index in [-0.39, 0.29) is 30.8 Å². The van der Waals surface area contributed by atoms with Crippen LogP contribution in [-0.4, -0.2) is 66.8 Å². The van der Waals surface area contributed by atoms with E-state index in [1.165, 1.54) is 12.1 Å². The van der Waals surface area contributed by atoms with Gasteiger partial charge in [0, 0.05) is 37.7 Å². The first kappa shape index (κ1) is 14.1. The smallest absolute Gasteiger partial charge is 0.329 e. The largest absolute Gasteiger partial charge is 0.480 e. The Morgan fingerprint density at radius 1 is 1.19 bits per heavy atom. The third-order valence-electron chi connectivity index (χ3n) is 4.52. The molecular formula is C21H25ClN2O3. The Labute approximate surface area is 172 Å². The molecule has 5 nitrogen and oxygen atoms in total. The topological polar surface area (TPSA) is 53.0 Å². The Morgan fingerprint density at radius 3 is 2.48 bits per heavy atom. The molecule has 0 bridgehead atoms. The fraction of sp³-hybridized carbons (Fsp3) is 0.381. The molecule has 1 saturated heterocycles. The minimum atomic E-state index is -2.71. The fourth-order valence-electron chi connectivity index (χ4n) is 3.22. The van der Waals surface area contributed by atoms with E-state index in [2.05, 4.69) is 9.80 Å². The van der Waals surface area contributed by atoms with Crippen LogP contribution in [0.5, 0.6) is 0 Å². The van der Waals surface area contributed by atoms with E-state index in [9.17, 15) is 4.79 Å². The van der Waals surface area contributed by atoms with Crippen molar-refractivity contribution in [1.29, 1.82) is 0 Å². The van der Waals surface area contributed by atoms with Crippen LogP contribution in [0.2, 0.25) is 5.02 Å². The molecular weight excluding hydrogens is 364 g/mol. The summed E-state index contributed by atoms with van der Waals surface area (Å²) in [5.41, 5.74) is 1.44. The van der Waals surface area contributed by atoms with Gasteiger partial charge in [0.25, 0.3) is 0 Å². The van der Waals surface area contributed by atoms with Crippen molar-refractivity contribution in [2.75, 3.05) is 45.9 Å². The van der Waals surface area contributed by atoms with Gasteiger partial charge in [-0.25, -0.2) is 4.79 Å². The van der Waals surface area contributed by atoms with Gasteiger partial charge in [0.05, 0.1) is 19.5 Å². The zero-order valence-corrected chi connectivity index (χ0v) is 15.6. The maximum Gasteiger partial charge on any atom is 0.329 e. The zero-order valence-electron chi connectivity index (χ0n) is 19.8. The Balaban J connectivity index is 1.74. The number of halogens is 1. The van der Waals surface area contributed by atoms with E-state index in [4.69, 9.17) is 28.3 Å². The van der Waals surface area contributed by atoms with Crippen LogP contribution in [0, 0.1) is 0 Å². The molecule has 1 unspecified atom stereocenters. The van der Waals surface area contributed by atoms with Crippen LogP contribution < -0.4 is 0 Å². The summed E-state index contributed by atoms with van der Waals surface area (Å²) in [4.78, 5) is 15.0. The van der Waals surface area contributed by atoms with Gasteiger partial charge in [-0.05, 0) is 23.3 Å². The summed E-state index contributed by atoms with van der Waals surface area (Å²) in [5.74, 6) is -1.65. The minimum Gasteiger partial charge on any atom is -0.480 e. The molecule has 2 aromatic rings. The SMILES string of the molecule is [2H]c1cc([2H])c(C(c2ccc(Cl)cc2)N2CCN(CCOC([2H])([2H])C(=O)O)CC2)c([2H])c1. The van der Waals surface area contributed by atoms with Crippen molar-refractivity contribution in [1.82, 2.24) is 9.80 Å². The molecule has 0 aromatic heterocycles. The van der Waals surface area contributed by atoms with Crippen LogP contribution in [-0.2, 0) is 9.53 Å². The average molecular weight is 394 g/mol. The first-order chi connectivity index (χ1) is 15.1. The van der Waals surface area contributed by atoms with Gasteiger partial charge in [-0.2, -0.15) is 0 Å². The number of hydrogen-bond donors (Lipinski definition) is 1. The lowest BCUT2D eigenvalue weighted by atomic mass is 9.96. The summed E-state index contributed by atoms with van der Waals surface area (Å²) in [6.45, 7) is 0.176. The molecule has 2 aromatic carbocycles. The molecule has 1 heterocycles. The second-order valence-electron chi connectivity index (χ2n) is 6.25. The number of nitrogens with zero attached hydrogens (tertiary/aromatic N) is 2. The van der Waals surface area contributed by atoms with Crippen molar-refractivity contribution >= 4 is 17.6 Å². The first-order valence-corrected chi connectivity index (χ1v) is 9.13. The molecule has 6 heteroatoms. The lowest BCUT2D eigenvalue weighted by Crippen LogP contribution is -2.48. The van der Waals surface area contributed by atoms with E-state index >= 15 is 0 Å². The summed E-state index contributed by atoms with van der Waals surface area (Å²) < 4.78 is 44.1. The highest BCUT2D eigenvalue weighted by Gasteiger charge is 2.26. The lowest BCUT2D eigenvalue weighted by molar-refractivity contribution is -0.142. The van der Waals surface area contributed by atoms with Gasteiger partial charge in [0.1, 0.15) is 6.56 Å². The molecule has 1 N–H and O–H groups in total. The van der Waals surface area contributed by atoms with Crippen molar-refractivity contribution in [3.05, 3.63) is 70.7 Å². The molecule has 1 atom stereocenters. The number of carbonyl (C=O) groups is 1. The molecule has 27 heavy (non-hydrogen) atoms. The highest BCUT2D eigenvalue weighted by Crippen LogP contribution is 2.30. The number of carboxylic acids is 1. The Kier molecular flexibility index (Phi) is 5.16. The Hall–Kier alpha value is -1.92. The molecule has 0 amide bonds. The molecule has 1 aliphatic rings. The number of piperazine rings is 1. The van der Waals surface area contributed by atoms with Crippen molar-refractivity contribution in [3.63, 3.8) is 0 Å². The van der Waals surface area contributed by atoms with Crippen LogP contribution in [0.15, 0.2) is 54.5 Å². The molecule has 0 radical (unpaired) electrons. The molecule has 0 saturated carbocycles. The maximum absolute atomic E-state index is 10.8. The van der Waals surface area contributed by atoms with E-state index < -0.39 is 12.5 Å². The molecule has 0 aliphatic carbocycles. The number of carboxylic acid groups (broad SMARTS) is 1. The van der Waals surface area contributed by atoms with Crippen LogP contribution in [0.25, 0.3) is 0 Å². The fourth-order valence-corrected chi connectivity index (χ4v) is 3.34. The third-order valence-corrected chi connectivity index (χ3v) is 4.77. The predicted molar refractivity (Wildman–Crippen MR) is 106 cm³/mol. The molecule has 0 spiro atoms. The van der Waals surface area contributed by atoms with Crippen molar-refractivity contribution in [2.45, 2.75) is 6.04 Å². The normalized spacial score (nSPS) is 20.1. The standard InChI is InChI=1S/C21H25ClN2O3/c22-19-8-6-18(7-9-19)21(17-4-2-1-3-5-17)24-12-10-23(11-13-24)14-15-27-16-20(25)26/h1-9,21H,10-16H2,(H,25,26)/i1D,4D,5D,16D2. The number of aliphatic carboxylic acids is 1. The van der Waals surface area contributed by atoms with Crippen LogP contribution >= 0.6 is 11.6 Å². The molecule has 1 fully saturated rings. The molecule has 144 valence electrons. The summed E-state index contributed by atoms with van der Waals surface area (Å²) in [6.07, 6.45) is 0. The van der Waals surface area contributed by atoms with Crippen molar-refractivity contribution < 1.29 is 21.5 Å². The summed E-state index contributed by atoms with van der Waals surface area (Å²) in [7, 11) is 0. The van der Waals surface area contributed by atoms with Gasteiger partial charge in [-0.15, -0.1) is 0 Å². The second-order valence-corrected chi connectivity index (χ2v) is 6.68. The summed E-state index contributed by atoms with van der Waals surface area (Å²) in [6, 6.07) is 10.3. The number of benzene rings is 2. The van der Waals surface area contributed by atoms with Gasteiger partial charge in [-0.3, -0.25) is 9.80 Å². The van der Waals surface area contributed by atoms with Gasteiger partial charge < -0.3 is 9.84 Å². The lowest BCUT2D eigenvalue weighted by Gasteiger charge is -2.39. The Morgan fingerprint density at radius 2 is 1.85 bits per heavy atom. The van der Waals surface area contributed by atoms with E-state index in [1.54, 1.807) is 12.1 Å². The summed E-state index contributed by atoms with van der Waals surface area (Å²) >= 11 is 6.06. The number of ether oxygens (including phenoxy) is 1. The highest BCUT2D eigenvalue weighted by molar-refractivity contribution is 6.30. The quantitative estimate of drug-likeness (QED) is 0.746. The van der Waals surface area contributed by atoms with E-state index in [0.717, 1.165) is 5.56 Å². The molecule has 1 aliphatic heterocycles. The maximum atomic E-state index is 10.8. The number of hydrogen-bond acceptors (Lipinski definition) is 4. The van der Waals surface area contributed by atoms with Gasteiger partial charge >= 0.3 is 5.97 Å². The summed E-state index contributed by atoms with van der Waals surface area (Å²) in [5, 5.41) is 9.39. The zero-order chi connectivity index (χ0) is 23.5. The monoisotopic (exact) mass is 393 g/mol. The van der Waals surface area contributed by atoms with E-state index in [0.29, 0.717) is 43.3 Å². The van der Waals surface area contributed by atoms with Crippen LogP contribution in [0.4, 0.5) is 0 Å². The Bertz CT molecular complexity index is 930. The van der Waals surface area contributed by atoms with Crippen LogP contribution in [0.3, 0.4) is 0 Å². The van der Waals surface area contributed by atoms with Crippen LogP contribution in [0.1, 0.15) is 24.0 Å². The first-order valence-electron chi connectivity index (χ1n) is 11.3. The molecule has 3 rings (SSSR count).